The SMILES string of the molecule is COC(=O)CN(C(=O)OCc1ccccc1)C1CCN(CC[C@H](CN(C)S(=O)(=O)c2ccccc2)c2ccccc2)CC1.Cl. The van der Waals surface area contributed by atoms with E-state index in [9.17, 15) is 18.0 Å². The highest BCUT2D eigenvalue weighted by Gasteiger charge is 2.31. The lowest BCUT2D eigenvalue weighted by Crippen LogP contribution is -2.49. The monoisotopic (exact) mass is 643 g/mol. The summed E-state index contributed by atoms with van der Waals surface area (Å²) in [5, 5.41) is 0. The van der Waals surface area contributed by atoms with Crippen LogP contribution >= 0.6 is 12.4 Å². The lowest BCUT2D eigenvalue weighted by atomic mass is 9.94. The molecule has 0 bridgehead atoms. The zero-order valence-electron chi connectivity index (χ0n) is 25.3. The van der Waals surface area contributed by atoms with E-state index in [4.69, 9.17) is 9.47 Å². The van der Waals surface area contributed by atoms with E-state index in [1.807, 2.05) is 60.7 Å². The average Bonchev–Trinajstić information content (AvgIpc) is 3.05. The first-order valence-electron chi connectivity index (χ1n) is 14.6. The fraction of sp³-hybridized carbons (Fsp3) is 0.394. The molecule has 0 N–H and O–H groups in total. The van der Waals surface area contributed by atoms with Crippen molar-refractivity contribution >= 4 is 34.5 Å². The van der Waals surface area contributed by atoms with Gasteiger partial charge in [0.25, 0.3) is 0 Å². The van der Waals surface area contributed by atoms with Gasteiger partial charge in [0, 0.05) is 32.7 Å². The number of amides is 1. The molecule has 238 valence electrons. The smallest absolute Gasteiger partial charge is 0.410 e. The van der Waals surface area contributed by atoms with Crippen molar-refractivity contribution in [2.45, 2.75) is 42.7 Å². The van der Waals surface area contributed by atoms with Crippen molar-refractivity contribution < 1.29 is 27.5 Å². The summed E-state index contributed by atoms with van der Waals surface area (Å²) in [5.74, 6) is -0.481. The van der Waals surface area contributed by atoms with Crippen molar-refractivity contribution in [2.24, 2.45) is 0 Å². The average molecular weight is 644 g/mol. The Morgan fingerprint density at radius 1 is 0.909 bits per heavy atom. The molecular weight excluding hydrogens is 602 g/mol. The van der Waals surface area contributed by atoms with Gasteiger partial charge < -0.3 is 14.4 Å². The molecule has 1 heterocycles. The number of methoxy groups -OCH3 is 1. The third-order valence-electron chi connectivity index (χ3n) is 7.96. The molecule has 0 radical (unpaired) electrons. The molecule has 1 atom stereocenters. The molecule has 1 aliphatic heterocycles. The molecular formula is C33H42ClN3O6S. The summed E-state index contributed by atoms with van der Waals surface area (Å²) < 4.78 is 38.3. The number of rotatable bonds is 13. The first-order chi connectivity index (χ1) is 20.8. The summed E-state index contributed by atoms with van der Waals surface area (Å²) in [5.41, 5.74) is 1.97. The highest BCUT2D eigenvalue weighted by Crippen LogP contribution is 2.26. The number of sulfonamides is 1. The van der Waals surface area contributed by atoms with Crippen molar-refractivity contribution in [3.8, 4) is 0 Å². The van der Waals surface area contributed by atoms with Crippen LogP contribution in [-0.4, -0.2) is 87.5 Å². The van der Waals surface area contributed by atoms with Crippen LogP contribution in [0.1, 0.15) is 36.3 Å². The third-order valence-corrected chi connectivity index (χ3v) is 9.80. The van der Waals surface area contributed by atoms with E-state index in [1.54, 1.807) is 37.4 Å². The maximum atomic E-state index is 13.2. The van der Waals surface area contributed by atoms with E-state index in [0.29, 0.717) is 19.4 Å². The van der Waals surface area contributed by atoms with Crippen LogP contribution in [0.25, 0.3) is 0 Å². The molecule has 1 saturated heterocycles. The first-order valence-corrected chi connectivity index (χ1v) is 16.0. The number of hydrogen-bond acceptors (Lipinski definition) is 7. The molecule has 3 aromatic rings. The van der Waals surface area contributed by atoms with Crippen LogP contribution in [0.5, 0.6) is 0 Å². The molecule has 11 heteroatoms. The molecule has 44 heavy (non-hydrogen) atoms. The van der Waals surface area contributed by atoms with Crippen LogP contribution in [0.2, 0.25) is 0 Å². The van der Waals surface area contributed by atoms with Crippen LogP contribution in [-0.2, 0) is 30.9 Å². The second kappa shape index (κ2) is 17.2. The third kappa shape index (κ3) is 9.79. The Morgan fingerprint density at radius 3 is 2.07 bits per heavy atom. The first kappa shape index (κ1) is 35.0. The number of carbonyl (C=O) groups excluding carboxylic acids is 2. The Balaban J connectivity index is 0.00000529. The van der Waals surface area contributed by atoms with Gasteiger partial charge in [-0.25, -0.2) is 17.5 Å². The van der Waals surface area contributed by atoms with Gasteiger partial charge >= 0.3 is 12.1 Å². The van der Waals surface area contributed by atoms with Gasteiger partial charge in [0.15, 0.2) is 0 Å². The summed E-state index contributed by atoms with van der Waals surface area (Å²) in [6.07, 6.45) is 1.62. The number of likely N-dealkylation sites (tertiary alicyclic amines) is 1. The Morgan fingerprint density at radius 2 is 1.48 bits per heavy atom. The Labute approximate surface area is 267 Å². The maximum absolute atomic E-state index is 13.2. The van der Waals surface area contributed by atoms with E-state index in [-0.39, 0.29) is 42.4 Å². The number of carbonyl (C=O) groups is 2. The molecule has 1 amide bonds. The maximum Gasteiger partial charge on any atom is 0.410 e. The van der Waals surface area contributed by atoms with Gasteiger partial charge in [-0.2, -0.15) is 0 Å². The summed E-state index contributed by atoms with van der Waals surface area (Å²) in [6.45, 7) is 2.60. The molecule has 1 fully saturated rings. The molecule has 0 aromatic heterocycles. The molecule has 0 unspecified atom stereocenters. The second-order valence-electron chi connectivity index (χ2n) is 10.8. The van der Waals surface area contributed by atoms with Crippen LogP contribution in [0.3, 0.4) is 0 Å². The quantitative estimate of drug-likeness (QED) is 0.237. The lowest BCUT2D eigenvalue weighted by Gasteiger charge is -2.38. The van der Waals surface area contributed by atoms with Crippen molar-refractivity contribution in [3.63, 3.8) is 0 Å². The number of esters is 1. The van der Waals surface area contributed by atoms with Crippen LogP contribution in [0.15, 0.2) is 95.9 Å². The molecule has 0 saturated carbocycles. The van der Waals surface area contributed by atoms with Gasteiger partial charge in [-0.05, 0) is 55.0 Å². The van der Waals surface area contributed by atoms with Crippen molar-refractivity contribution in [2.75, 3.05) is 46.9 Å². The minimum Gasteiger partial charge on any atom is -0.468 e. The van der Waals surface area contributed by atoms with Gasteiger partial charge in [0.05, 0.1) is 12.0 Å². The molecule has 9 nitrogen and oxygen atoms in total. The van der Waals surface area contributed by atoms with E-state index in [2.05, 4.69) is 4.90 Å². The van der Waals surface area contributed by atoms with Crippen LogP contribution in [0, 0.1) is 0 Å². The van der Waals surface area contributed by atoms with E-state index >= 15 is 0 Å². The van der Waals surface area contributed by atoms with Gasteiger partial charge in [-0.15, -0.1) is 12.4 Å². The fourth-order valence-corrected chi connectivity index (χ4v) is 6.65. The second-order valence-corrected chi connectivity index (χ2v) is 12.9. The molecule has 4 rings (SSSR count). The van der Waals surface area contributed by atoms with Gasteiger partial charge in [0.2, 0.25) is 10.0 Å². The summed E-state index contributed by atoms with van der Waals surface area (Å²) in [4.78, 5) is 29.3. The number of ether oxygens (including phenoxy) is 2. The molecule has 3 aromatic carbocycles. The topological polar surface area (TPSA) is 96.5 Å². The number of hydrogen-bond donors (Lipinski definition) is 0. The highest BCUT2D eigenvalue weighted by atomic mass is 35.5. The van der Waals surface area contributed by atoms with Crippen molar-refractivity contribution in [1.82, 2.24) is 14.1 Å². The highest BCUT2D eigenvalue weighted by molar-refractivity contribution is 7.89. The van der Waals surface area contributed by atoms with Gasteiger partial charge in [-0.3, -0.25) is 9.69 Å². The van der Waals surface area contributed by atoms with E-state index in [1.165, 1.54) is 16.3 Å². The van der Waals surface area contributed by atoms with Crippen LogP contribution in [0.4, 0.5) is 4.79 Å². The van der Waals surface area contributed by atoms with Gasteiger partial charge in [0.1, 0.15) is 13.2 Å². The molecule has 0 spiro atoms. The Bertz CT molecular complexity index is 1410. The number of benzene rings is 3. The fourth-order valence-electron chi connectivity index (χ4n) is 5.41. The summed E-state index contributed by atoms with van der Waals surface area (Å²) in [6, 6.07) is 27.8. The Kier molecular flexibility index (Phi) is 13.7. The predicted octanol–water partition coefficient (Wildman–Crippen LogP) is 5.18. The zero-order valence-corrected chi connectivity index (χ0v) is 26.9. The van der Waals surface area contributed by atoms with Gasteiger partial charge in [-0.1, -0.05) is 78.9 Å². The van der Waals surface area contributed by atoms with E-state index in [0.717, 1.165) is 37.2 Å². The zero-order chi connectivity index (χ0) is 30.7. The van der Waals surface area contributed by atoms with Crippen molar-refractivity contribution in [1.29, 1.82) is 0 Å². The number of nitrogens with zero attached hydrogens (tertiary/aromatic N) is 3. The summed E-state index contributed by atoms with van der Waals surface area (Å²) >= 11 is 0. The summed E-state index contributed by atoms with van der Waals surface area (Å²) in [7, 11) is -0.667. The molecule has 1 aliphatic rings. The largest absolute Gasteiger partial charge is 0.468 e. The number of halogens is 1. The lowest BCUT2D eigenvalue weighted by molar-refractivity contribution is -0.142. The van der Waals surface area contributed by atoms with Crippen LogP contribution < -0.4 is 0 Å². The standard InChI is InChI=1S/C33H41N3O6S.ClH/c1-34(43(39,40)31-16-10-5-11-17-31)24-29(28-14-8-4-9-15-28)18-21-35-22-19-30(20-23-35)36(25-32(37)41-2)33(38)42-26-27-12-6-3-7-13-27;/h3-17,29-30H,18-26H2,1-2H3;1H/t29-;/m1./s1. The molecule has 0 aliphatic carbocycles. The number of likely N-dealkylation sites (N-methyl/N-ethyl adjacent to an activating group) is 1. The predicted molar refractivity (Wildman–Crippen MR) is 172 cm³/mol. The normalized spacial score (nSPS) is 14.8. The minimum atomic E-state index is -3.61. The van der Waals surface area contributed by atoms with E-state index < -0.39 is 22.1 Å². The number of piperidine rings is 1. The Hall–Kier alpha value is -3.44. The van der Waals surface area contributed by atoms with Crippen molar-refractivity contribution in [3.05, 3.63) is 102 Å². The minimum absolute atomic E-state index is 0.